The Balaban J connectivity index is 1.96. The first-order valence-electron chi connectivity index (χ1n) is 9.50. The molecule has 2 aliphatic heterocycles. The van der Waals surface area contributed by atoms with Crippen LogP contribution in [0.3, 0.4) is 0 Å². The summed E-state index contributed by atoms with van der Waals surface area (Å²) in [6, 6.07) is 8.00. The summed E-state index contributed by atoms with van der Waals surface area (Å²) in [6.07, 6.45) is 10.6. The molecule has 0 unspecified atom stereocenters. The predicted octanol–water partition coefficient (Wildman–Crippen LogP) is 3.16. The average molecular weight is 382 g/mol. The zero-order chi connectivity index (χ0) is 19.9. The molecule has 0 bridgehead atoms. The van der Waals surface area contributed by atoms with Crippen LogP contribution < -0.4 is 4.90 Å². The molecule has 0 radical (unpaired) electrons. The Kier molecular flexibility index (Phi) is 6.66. The number of likely N-dealkylation sites (tertiary alicyclic amines) is 1. The SMILES string of the molecule is COC(=O)C1=C(C(=O)OC)N(c2cccc(CN3CCCCC3)c2)C=CC=C1. The molecule has 1 aromatic rings. The van der Waals surface area contributed by atoms with Crippen molar-refractivity contribution >= 4 is 17.6 Å². The number of carbonyl (C=O) groups is 2. The highest BCUT2D eigenvalue weighted by Crippen LogP contribution is 2.27. The van der Waals surface area contributed by atoms with Crippen LogP contribution in [0.4, 0.5) is 5.69 Å². The lowest BCUT2D eigenvalue weighted by atomic mass is 10.1. The molecule has 2 aliphatic rings. The zero-order valence-corrected chi connectivity index (χ0v) is 16.4. The van der Waals surface area contributed by atoms with Gasteiger partial charge in [0.05, 0.1) is 19.8 Å². The number of ether oxygens (including phenoxy) is 2. The molecule has 0 saturated carbocycles. The summed E-state index contributed by atoms with van der Waals surface area (Å²) in [5.41, 5.74) is 2.24. The van der Waals surface area contributed by atoms with Crippen molar-refractivity contribution < 1.29 is 19.1 Å². The molecule has 6 nitrogen and oxygen atoms in total. The summed E-state index contributed by atoms with van der Waals surface area (Å²) in [7, 11) is 2.59. The molecule has 28 heavy (non-hydrogen) atoms. The number of methoxy groups -OCH3 is 2. The summed E-state index contributed by atoms with van der Waals surface area (Å²) < 4.78 is 9.81. The minimum atomic E-state index is -0.599. The Bertz CT molecular complexity index is 820. The molecule has 2 heterocycles. The highest BCUT2D eigenvalue weighted by Gasteiger charge is 2.27. The average Bonchev–Trinajstić information content (AvgIpc) is 2.96. The predicted molar refractivity (Wildman–Crippen MR) is 107 cm³/mol. The third kappa shape index (κ3) is 4.51. The maximum absolute atomic E-state index is 12.5. The Labute approximate surface area is 165 Å². The summed E-state index contributed by atoms with van der Waals surface area (Å²) in [5.74, 6) is -1.19. The first-order chi connectivity index (χ1) is 13.6. The van der Waals surface area contributed by atoms with Crippen molar-refractivity contribution in [2.24, 2.45) is 0 Å². The normalized spacial score (nSPS) is 17.4. The number of carbonyl (C=O) groups excluding carboxylic acids is 2. The molecule has 0 N–H and O–H groups in total. The molecule has 0 atom stereocenters. The topological polar surface area (TPSA) is 59.1 Å². The van der Waals surface area contributed by atoms with E-state index < -0.39 is 11.9 Å². The van der Waals surface area contributed by atoms with E-state index >= 15 is 0 Å². The number of nitrogens with zero attached hydrogens (tertiary/aromatic N) is 2. The summed E-state index contributed by atoms with van der Waals surface area (Å²) in [6.45, 7) is 3.08. The van der Waals surface area contributed by atoms with E-state index in [2.05, 4.69) is 11.0 Å². The summed E-state index contributed by atoms with van der Waals surface area (Å²) >= 11 is 0. The minimum absolute atomic E-state index is 0.134. The van der Waals surface area contributed by atoms with E-state index in [0.29, 0.717) is 0 Å². The van der Waals surface area contributed by atoms with E-state index in [0.717, 1.165) is 30.9 Å². The third-order valence-corrected chi connectivity index (χ3v) is 4.93. The van der Waals surface area contributed by atoms with E-state index in [1.165, 1.54) is 33.5 Å². The highest BCUT2D eigenvalue weighted by molar-refractivity contribution is 6.05. The monoisotopic (exact) mass is 382 g/mol. The molecular weight excluding hydrogens is 356 g/mol. The maximum Gasteiger partial charge on any atom is 0.355 e. The van der Waals surface area contributed by atoms with Gasteiger partial charge in [-0.3, -0.25) is 4.90 Å². The van der Waals surface area contributed by atoms with Crippen LogP contribution in [-0.4, -0.2) is 44.1 Å². The van der Waals surface area contributed by atoms with Gasteiger partial charge in [-0.05, 0) is 55.8 Å². The van der Waals surface area contributed by atoms with E-state index in [1.54, 1.807) is 29.3 Å². The van der Waals surface area contributed by atoms with Crippen molar-refractivity contribution in [3.63, 3.8) is 0 Å². The number of esters is 2. The van der Waals surface area contributed by atoms with E-state index in [-0.39, 0.29) is 11.3 Å². The molecule has 1 aromatic carbocycles. The highest BCUT2D eigenvalue weighted by atomic mass is 16.5. The second kappa shape index (κ2) is 9.37. The van der Waals surface area contributed by atoms with Crippen LogP contribution >= 0.6 is 0 Å². The van der Waals surface area contributed by atoms with Crippen LogP contribution in [0.15, 0.2) is 60.0 Å². The van der Waals surface area contributed by atoms with E-state index in [4.69, 9.17) is 9.47 Å². The second-order valence-corrected chi connectivity index (χ2v) is 6.82. The van der Waals surface area contributed by atoms with Crippen molar-refractivity contribution in [1.29, 1.82) is 0 Å². The lowest BCUT2D eigenvalue weighted by Crippen LogP contribution is -2.29. The number of hydrogen-bond donors (Lipinski definition) is 0. The minimum Gasteiger partial charge on any atom is -0.465 e. The van der Waals surface area contributed by atoms with Gasteiger partial charge in [0.2, 0.25) is 0 Å². The van der Waals surface area contributed by atoms with Gasteiger partial charge in [0.1, 0.15) is 5.70 Å². The zero-order valence-electron chi connectivity index (χ0n) is 16.4. The Morgan fingerprint density at radius 2 is 1.75 bits per heavy atom. The summed E-state index contributed by atoms with van der Waals surface area (Å²) in [4.78, 5) is 28.9. The van der Waals surface area contributed by atoms with Gasteiger partial charge >= 0.3 is 11.9 Å². The quantitative estimate of drug-likeness (QED) is 0.729. The molecule has 0 aromatic heterocycles. The number of allylic oxidation sites excluding steroid dienone is 2. The Hall–Kier alpha value is -2.86. The van der Waals surface area contributed by atoms with Crippen molar-refractivity contribution in [2.45, 2.75) is 25.8 Å². The number of piperidine rings is 1. The van der Waals surface area contributed by atoms with Gasteiger partial charge in [0, 0.05) is 18.4 Å². The summed E-state index contributed by atoms with van der Waals surface area (Å²) in [5, 5.41) is 0. The molecular formula is C22H26N2O4. The van der Waals surface area contributed by atoms with Crippen LogP contribution in [0.25, 0.3) is 0 Å². The Morgan fingerprint density at radius 1 is 1.00 bits per heavy atom. The van der Waals surface area contributed by atoms with Crippen molar-refractivity contribution in [3.05, 3.63) is 65.5 Å². The first-order valence-corrected chi connectivity index (χ1v) is 9.50. The van der Waals surface area contributed by atoms with Crippen molar-refractivity contribution in [1.82, 2.24) is 4.90 Å². The lowest BCUT2D eigenvalue weighted by Gasteiger charge is -2.27. The second-order valence-electron chi connectivity index (χ2n) is 6.82. The van der Waals surface area contributed by atoms with Gasteiger partial charge in [-0.2, -0.15) is 0 Å². The van der Waals surface area contributed by atoms with E-state index in [1.807, 2.05) is 18.2 Å². The van der Waals surface area contributed by atoms with Crippen LogP contribution in [0.1, 0.15) is 24.8 Å². The number of benzene rings is 1. The first kappa shape index (κ1) is 19.9. The largest absolute Gasteiger partial charge is 0.465 e. The molecule has 0 spiro atoms. The van der Waals surface area contributed by atoms with Gasteiger partial charge in [0.15, 0.2) is 0 Å². The van der Waals surface area contributed by atoms with Crippen LogP contribution in [0.2, 0.25) is 0 Å². The molecule has 3 rings (SSSR count). The molecule has 148 valence electrons. The molecule has 0 aliphatic carbocycles. The number of anilines is 1. The van der Waals surface area contributed by atoms with Gasteiger partial charge in [-0.15, -0.1) is 0 Å². The Morgan fingerprint density at radius 3 is 2.46 bits per heavy atom. The van der Waals surface area contributed by atoms with Crippen LogP contribution in [0, 0.1) is 0 Å². The number of hydrogen-bond acceptors (Lipinski definition) is 6. The third-order valence-electron chi connectivity index (χ3n) is 4.93. The van der Waals surface area contributed by atoms with Crippen molar-refractivity contribution in [3.8, 4) is 0 Å². The molecule has 1 saturated heterocycles. The van der Waals surface area contributed by atoms with Crippen LogP contribution in [-0.2, 0) is 25.6 Å². The van der Waals surface area contributed by atoms with E-state index in [9.17, 15) is 9.59 Å². The fourth-order valence-corrected chi connectivity index (χ4v) is 3.55. The molecule has 0 amide bonds. The molecule has 1 fully saturated rings. The fraction of sp³-hybridized carbons (Fsp3) is 0.364. The fourth-order valence-electron chi connectivity index (χ4n) is 3.55. The van der Waals surface area contributed by atoms with Gasteiger partial charge in [0.25, 0.3) is 0 Å². The number of rotatable bonds is 5. The smallest absolute Gasteiger partial charge is 0.355 e. The van der Waals surface area contributed by atoms with Crippen molar-refractivity contribution in [2.75, 3.05) is 32.2 Å². The van der Waals surface area contributed by atoms with Gasteiger partial charge in [-0.1, -0.05) is 24.6 Å². The standard InChI is InChI=1S/C22H26N2O4/c1-27-21(25)19-11-4-7-14-24(20(19)22(26)28-2)18-10-8-9-17(15-18)16-23-12-5-3-6-13-23/h4,7-11,14-15H,3,5-6,12-13,16H2,1-2H3. The van der Waals surface area contributed by atoms with Crippen LogP contribution in [0.5, 0.6) is 0 Å². The van der Waals surface area contributed by atoms with Gasteiger partial charge < -0.3 is 14.4 Å². The lowest BCUT2D eigenvalue weighted by molar-refractivity contribution is -0.139. The van der Waals surface area contributed by atoms with Gasteiger partial charge in [-0.25, -0.2) is 9.59 Å². The maximum atomic E-state index is 12.5. The molecule has 6 heteroatoms.